The summed E-state index contributed by atoms with van der Waals surface area (Å²) in [6, 6.07) is 18.1. The number of nitrogens with zero attached hydrogens (tertiary/aromatic N) is 1. The molecule has 0 unspecified atom stereocenters. The molecule has 4 heteroatoms. The Balaban J connectivity index is 1.56. The van der Waals surface area contributed by atoms with Gasteiger partial charge >= 0.3 is 0 Å². The maximum Gasteiger partial charge on any atom is 0.140 e. The van der Waals surface area contributed by atoms with Gasteiger partial charge in [0.05, 0.1) is 5.69 Å². The molecule has 22 heavy (non-hydrogen) atoms. The summed E-state index contributed by atoms with van der Waals surface area (Å²) in [6.07, 6.45) is 2.02. The van der Waals surface area contributed by atoms with Crippen LogP contribution in [0.2, 0.25) is 0 Å². The van der Waals surface area contributed by atoms with Gasteiger partial charge in [0.1, 0.15) is 17.4 Å². The number of nitrogens with one attached hydrogen (secondary N) is 1. The van der Waals surface area contributed by atoms with Gasteiger partial charge in [-0.25, -0.2) is 4.98 Å². The zero-order valence-corrected chi connectivity index (χ0v) is 12.6. The number of aromatic amines is 1. The number of thiazole rings is 1. The molecular weight excluding hydrogens is 292 g/mol. The quantitative estimate of drug-likeness (QED) is 0.584. The van der Waals surface area contributed by atoms with Crippen LogP contribution >= 0.6 is 11.3 Å². The number of hydrogen-bond donors (Lipinski definition) is 1. The number of benzene rings is 2. The molecule has 0 aliphatic rings. The minimum absolute atomic E-state index is 0.497. The van der Waals surface area contributed by atoms with Crippen LogP contribution in [0.4, 0.5) is 0 Å². The number of fused-ring (bicyclic) bond motifs is 1. The van der Waals surface area contributed by atoms with Crippen LogP contribution in [0.15, 0.2) is 66.2 Å². The second kappa shape index (κ2) is 5.66. The van der Waals surface area contributed by atoms with Crippen LogP contribution in [-0.4, -0.2) is 9.97 Å². The molecular formula is C18H14N2OS. The van der Waals surface area contributed by atoms with Crippen molar-refractivity contribution in [1.82, 2.24) is 9.97 Å². The Morgan fingerprint density at radius 2 is 1.82 bits per heavy atom. The Morgan fingerprint density at radius 3 is 2.73 bits per heavy atom. The van der Waals surface area contributed by atoms with E-state index in [1.54, 1.807) is 11.3 Å². The summed E-state index contributed by atoms with van der Waals surface area (Å²) in [7, 11) is 0. The van der Waals surface area contributed by atoms with Crippen LogP contribution < -0.4 is 4.74 Å². The molecule has 2 heterocycles. The Hall–Kier alpha value is -2.59. The molecule has 0 fully saturated rings. The topological polar surface area (TPSA) is 37.9 Å². The van der Waals surface area contributed by atoms with Gasteiger partial charge in [0.2, 0.25) is 0 Å². The normalized spacial score (nSPS) is 10.9. The van der Waals surface area contributed by atoms with Crippen molar-refractivity contribution in [3.63, 3.8) is 0 Å². The Kier molecular flexibility index (Phi) is 3.37. The van der Waals surface area contributed by atoms with Crippen LogP contribution in [0.1, 0.15) is 5.01 Å². The molecule has 4 aromatic rings. The van der Waals surface area contributed by atoms with E-state index in [9.17, 15) is 0 Å². The van der Waals surface area contributed by atoms with E-state index >= 15 is 0 Å². The van der Waals surface area contributed by atoms with Crippen molar-refractivity contribution in [2.75, 3.05) is 0 Å². The number of ether oxygens (including phenoxy) is 1. The first kappa shape index (κ1) is 13.1. The van der Waals surface area contributed by atoms with Crippen molar-refractivity contribution in [3.8, 4) is 17.0 Å². The van der Waals surface area contributed by atoms with Crippen molar-refractivity contribution in [3.05, 3.63) is 71.2 Å². The summed E-state index contributed by atoms with van der Waals surface area (Å²) in [5.74, 6) is 0.867. The van der Waals surface area contributed by atoms with Crippen molar-refractivity contribution >= 4 is 22.2 Å². The lowest BCUT2D eigenvalue weighted by Gasteiger charge is -2.02. The van der Waals surface area contributed by atoms with E-state index in [1.165, 1.54) is 5.39 Å². The van der Waals surface area contributed by atoms with Gasteiger partial charge in [0, 0.05) is 28.0 Å². The lowest BCUT2D eigenvalue weighted by Crippen LogP contribution is -1.94. The fourth-order valence-corrected chi connectivity index (χ4v) is 3.15. The van der Waals surface area contributed by atoms with E-state index in [0.29, 0.717) is 6.61 Å². The SMILES string of the molecule is c1ccc(OCc2nc(-c3c[nH]c4ccccc34)cs2)cc1. The third-order valence-electron chi connectivity index (χ3n) is 3.52. The monoisotopic (exact) mass is 306 g/mol. The van der Waals surface area contributed by atoms with Gasteiger partial charge in [-0.1, -0.05) is 36.4 Å². The molecule has 0 aliphatic heterocycles. The van der Waals surface area contributed by atoms with Gasteiger partial charge < -0.3 is 9.72 Å². The van der Waals surface area contributed by atoms with Gasteiger partial charge in [-0.05, 0) is 18.2 Å². The third kappa shape index (κ3) is 2.49. The predicted octanol–water partition coefficient (Wildman–Crippen LogP) is 4.87. The predicted molar refractivity (Wildman–Crippen MR) is 90.2 cm³/mol. The maximum atomic E-state index is 5.75. The summed E-state index contributed by atoms with van der Waals surface area (Å²) in [6.45, 7) is 0.497. The van der Waals surface area contributed by atoms with Crippen molar-refractivity contribution < 1.29 is 4.74 Å². The highest BCUT2D eigenvalue weighted by Crippen LogP contribution is 2.29. The van der Waals surface area contributed by atoms with Crippen LogP contribution in [-0.2, 0) is 6.61 Å². The highest BCUT2D eigenvalue weighted by molar-refractivity contribution is 7.09. The minimum Gasteiger partial charge on any atom is -0.486 e. The smallest absolute Gasteiger partial charge is 0.140 e. The lowest BCUT2D eigenvalue weighted by atomic mass is 10.1. The molecule has 2 aromatic carbocycles. The minimum atomic E-state index is 0.497. The number of rotatable bonds is 4. The number of aromatic nitrogens is 2. The largest absolute Gasteiger partial charge is 0.486 e. The Morgan fingerprint density at radius 1 is 1.00 bits per heavy atom. The first-order valence-electron chi connectivity index (χ1n) is 7.09. The molecule has 108 valence electrons. The van der Waals surface area contributed by atoms with Crippen LogP contribution in [0, 0.1) is 0 Å². The number of para-hydroxylation sites is 2. The van der Waals surface area contributed by atoms with E-state index < -0.39 is 0 Å². The second-order valence-electron chi connectivity index (χ2n) is 4.98. The van der Waals surface area contributed by atoms with Crippen molar-refractivity contribution in [1.29, 1.82) is 0 Å². The van der Waals surface area contributed by atoms with Crippen molar-refractivity contribution in [2.24, 2.45) is 0 Å². The molecule has 0 saturated heterocycles. The van der Waals surface area contributed by atoms with Gasteiger partial charge in [0.15, 0.2) is 0 Å². The Bertz CT molecular complexity index is 896. The summed E-state index contributed by atoms with van der Waals surface area (Å²) < 4.78 is 5.75. The average Bonchev–Trinajstić information content (AvgIpc) is 3.20. The van der Waals surface area contributed by atoms with Crippen molar-refractivity contribution in [2.45, 2.75) is 6.61 Å². The number of hydrogen-bond acceptors (Lipinski definition) is 3. The van der Waals surface area contributed by atoms with E-state index in [4.69, 9.17) is 9.72 Å². The van der Waals surface area contributed by atoms with E-state index in [0.717, 1.165) is 27.5 Å². The van der Waals surface area contributed by atoms with Gasteiger partial charge in [-0.2, -0.15) is 0 Å². The van der Waals surface area contributed by atoms with E-state index in [1.807, 2.05) is 48.7 Å². The average molecular weight is 306 g/mol. The maximum absolute atomic E-state index is 5.75. The fraction of sp³-hybridized carbons (Fsp3) is 0.0556. The van der Waals surface area contributed by atoms with E-state index in [-0.39, 0.29) is 0 Å². The van der Waals surface area contributed by atoms with Crippen LogP contribution in [0.5, 0.6) is 5.75 Å². The molecule has 0 bridgehead atoms. The molecule has 0 spiro atoms. The molecule has 3 nitrogen and oxygen atoms in total. The zero-order valence-electron chi connectivity index (χ0n) is 11.8. The molecule has 4 rings (SSSR count). The second-order valence-corrected chi connectivity index (χ2v) is 5.92. The number of H-pyrrole nitrogens is 1. The fourth-order valence-electron chi connectivity index (χ4n) is 2.45. The Labute approximate surface area is 132 Å². The first-order valence-corrected chi connectivity index (χ1v) is 7.97. The summed E-state index contributed by atoms with van der Waals surface area (Å²) >= 11 is 1.63. The first-order chi connectivity index (χ1) is 10.9. The molecule has 0 amide bonds. The van der Waals surface area contributed by atoms with Crippen LogP contribution in [0.25, 0.3) is 22.2 Å². The molecule has 0 radical (unpaired) electrons. The summed E-state index contributed by atoms with van der Waals surface area (Å²) in [5, 5.41) is 4.26. The van der Waals surface area contributed by atoms with Gasteiger partial charge in [-0.15, -0.1) is 11.3 Å². The molecule has 2 aromatic heterocycles. The highest BCUT2D eigenvalue weighted by Gasteiger charge is 2.10. The lowest BCUT2D eigenvalue weighted by molar-refractivity contribution is 0.305. The van der Waals surface area contributed by atoms with Gasteiger partial charge in [-0.3, -0.25) is 0 Å². The molecule has 0 saturated carbocycles. The highest BCUT2D eigenvalue weighted by atomic mass is 32.1. The van der Waals surface area contributed by atoms with Crippen LogP contribution in [0.3, 0.4) is 0 Å². The zero-order chi connectivity index (χ0) is 14.8. The van der Waals surface area contributed by atoms with E-state index in [2.05, 4.69) is 22.5 Å². The molecule has 1 N–H and O–H groups in total. The molecule has 0 aliphatic carbocycles. The molecule has 0 atom stereocenters. The summed E-state index contributed by atoms with van der Waals surface area (Å²) in [4.78, 5) is 7.98. The third-order valence-corrected chi connectivity index (χ3v) is 4.34. The summed E-state index contributed by atoms with van der Waals surface area (Å²) in [5.41, 5.74) is 3.26. The van der Waals surface area contributed by atoms with Gasteiger partial charge in [0.25, 0.3) is 0 Å². The standard InChI is InChI=1S/C18H14N2OS/c1-2-6-13(7-3-1)21-11-18-20-17(12-22-18)15-10-19-16-9-5-4-8-14(15)16/h1-10,12,19H,11H2.